The zero-order valence-corrected chi connectivity index (χ0v) is 22.2. The van der Waals surface area contributed by atoms with Crippen LogP contribution in [-0.2, 0) is 26.0 Å². The lowest BCUT2D eigenvalue weighted by Gasteiger charge is -2.18. The lowest BCUT2D eigenvalue weighted by molar-refractivity contribution is -0.159. The molecule has 0 aliphatic heterocycles. The number of carboxylic acids is 2. The molecule has 0 aliphatic carbocycles. The molecular weight excluding hydrogens is 511 g/mol. The van der Waals surface area contributed by atoms with E-state index in [4.69, 9.17) is 34.0 Å². The highest BCUT2D eigenvalue weighted by molar-refractivity contribution is 7.89. The van der Waals surface area contributed by atoms with Crippen LogP contribution in [-0.4, -0.2) is 81.9 Å². The average molecular weight is 545 g/mol. The van der Waals surface area contributed by atoms with E-state index in [1.165, 1.54) is 43.7 Å². The van der Waals surface area contributed by atoms with Crippen LogP contribution in [0.5, 0.6) is 17.2 Å². The third-order valence-corrected chi connectivity index (χ3v) is 6.61. The van der Waals surface area contributed by atoms with E-state index in [1.807, 2.05) is 19.9 Å². The second-order valence-corrected chi connectivity index (χ2v) is 9.94. The molecule has 0 saturated carbocycles. The van der Waals surface area contributed by atoms with Crippen molar-refractivity contribution < 1.29 is 46.8 Å². The highest BCUT2D eigenvalue weighted by Gasteiger charge is 2.23. The number of sulfonamides is 1. The first-order chi connectivity index (χ1) is 17.3. The Morgan fingerprint density at radius 1 is 1.03 bits per heavy atom. The van der Waals surface area contributed by atoms with Crippen molar-refractivity contribution in [2.24, 2.45) is 0 Å². The summed E-state index contributed by atoms with van der Waals surface area (Å²) in [5, 5.41) is 18.1. The Morgan fingerprint density at radius 3 is 2.19 bits per heavy atom. The van der Waals surface area contributed by atoms with Crippen molar-refractivity contribution in [2.45, 2.75) is 31.2 Å². The first-order valence-electron chi connectivity index (χ1n) is 11.2. The van der Waals surface area contributed by atoms with Gasteiger partial charge in [0, 0.05) is 32.7 Å². The number of hydrogen-bond acceptors (Lipinski definition) is 8. The van der Waals surface area contributed by atoms with Crippen molar-refractivity contribution in [3.63, 3.8) is 0 Å². The molecule has 0 fully saturated rings. The monoisotopic (exact) mass is 544 g/mol. The van der Waals surface area contributed by atoms with E-state index in [2.05, 4.69) is 5.32 Å². The number of benzene rings is 2. The molecule has 0 saturated heterocycles. The molecule has 2 aromatic rings. The van der Waals surface area contributed by atoms with Crippen molar-refractivity contribution in [3.05, 3.63) is 47.8 Å². The molecule has 206 valence electrons. The molecule has 0 aromatic heterocycles. The summed E-state index contributed by atoms with van der Waals surface area (Å²) in [6, 6.07) is 9.40. The van der Waals surface area contributed by atoms with Gasteiger partial charge in [0.25, 0.3) is 0 Å². The molecule has 2 aromatic carbocycles. The van der Waals surface area contributed by atoms with Crippen LogP contribution in [0.4, 0.5) is 4.39 Å². The van der Waals surface area contributed by atoms with Crippen LogP contribution in [0, 0.1) is 5.82 Å². The Hall–Kier alpha value is -3.42. The van der Waals surface area contributed by atoms with Gasteiger partial charge in [-0.2, -0.15) is 0 Å². The predicted molar refractivity (Wildman–Crippen MR) is 133 cm³/mol. The number of rotatable bonds is 12. The van der Waals surface area contributed by atoms with Crippen molar-refractivity contribution in [1.82, 2.24) is 9.62 Å². The van der Waals surface area contributed by atoms with E-state index in [0.717, 1.165) is 5.56 Å². The number of ether oxygens (including phenoxy) is 3. The van der Waals surface area contributed by atoms with Gasteiger partial charge in [-0.3, -0.25) is 0 Å². The minimum atomic E-state index is -3.62. The molecule has 13 heteroatoms. The van der Waals surface area contributed by atoms with Crippen LogP contribution >= 0.6 is 0 Å². The van der Waals surface area contributed by atoms with Gasteiger partial charge in [0.1, 0.15) is 23.1 Å². The van der Waals surface area contributed by atoms with Crippen molar-refractivity contribution in [3.8, 4) is 17.2 Å². The van der Waals surface area contributed by atoms with Gasteiger partial charge in [-0.05, 0) is 50.1 Å². The number of nitrogens with one attached hydrogen (secondary N) is 1. The fraction of sp³-hybridized carbons (Fsp3) is 0.417. The molecule has 0 heterocycles. The number of carbonyl (C=O) groups is 2. The predicted octanol–water partition coefficient (Wildman–Crippen LogP) is 2.24. The number of methoxy groups -OCH3 is 1. The largest absolute Gasteiger partial charge is 0.493 e. The maximum absolute atomic E-state index is 13.4. The van der Waals surface area contributed by atoms with Gasteiger partial charge in [0.05, 0.1) is 13.7 Å². The van der Waals surface area contributed by atoms with Gasteiger partial charge in [-0.1, -0.05) is 6.07 Å². The van der Waals surface area contributed by atoms with Crippen LogP contribution in [0.2, 0.25) is 0 Å². The zero-order chi connectivity index (χ0) is 28.2. The van der Waals surface area contributed by atoms with E-state index in [9.17, 15) is 12.8 Å². The van der Waals surface area contributed by atoms with E-state index in [-0.39, 0.29) is 10.9 Å². The number of aliphatic carboxylic acids is 2. The third kappa shape index (κ3) is 10.2. The summed E-state index contributed by atoms with van der Waals surface area (Å²) >= 11 is 0. The number of hydrogen-bond donors (Lipinski definition) is 3. The topological polar surface area (TPSA) is 152 Å². The fourth-order valence-corrected chi connectivity index (χ4v) is 4.08. The Bertz CT molecular complexity index is 1140. The molecule has 0 aliphatic rings. The average Bonchev–Trinajstić information content (AvgIpc) is 2.83. The molecular formula is C24H33FN2O9S. The SMILES string of the molecule is CCOc1ccc(CC(C)NCCOc2cc(F)ccc2OC)cc1S(=O)(=O)N(C)C.O=C(O)C(=O)O. The van der Waals surface area contributed by atoms with Crippen LogP contribution < -0.4 is 19.5 Å². The van der Waals surface area contributed by atoms with E-state index in [0.29, 0.717) is 43.4 Å². The Morgan fingerprint density at radius 2 is 1.65 bits per heavy atom. The quantitative estimate of drug-likeness (QED) is 0.268. The zero-order valence-electron chi connectivity index (χ0n) is 21.4. The standard InChI is InChI=1S/C22H31FN2O5S.C2H2O4/c1-6-29-20-9-7-17(14-22(20)31(26,27)25(3)4)13-16(2)24-11-12-30-21-15-18(23)8-10-19(21)28-5;3-1(4)2(5)6/h7-10,14-16,24H,6,11-13H2,1-5H3;(H,3,4)(H,5,6). The van der Waals surface area contributed by atoms with Crippen molar-refractivity contribution in [2.75, 3.05) is 41.0 Å². The van der Waals surface area contributed by atoms with E-state index in [1.54, 1.807) is 12.1 Å². The summed E-state index contributed by atoms with van der Waals surface area (Å²) in [6.45, 7) is 5.05. The summed E-state index contributed by atoms with van der Waals surface area (Å²) in [4.78, 5) is 18.4. The Labute approximate surface area is 215 Å². The highest BCUT2D eigenvalue weighted by atomic mass is 32.2. The normalized spacial score (nSPS) is 11.8. The molecule has 0 spiro atoms. The van der Waals surface area contributed by atoms with Crippen LogP contribution in [0.25, 0.3) is 0 Å². The summed E-state index contributed by atoms with van der Waals surface area (Å²) in [5.74, 6) is -2.88. The molecule has 1 unspecified atom stereocenters. The van der Waals surface area contributed by atoms with Crippen molar-refractivity contribution in [1.29, 1.82) is 0 Å². The van der Waals surface area contributed by atoms with Gasteiger partial charge >= 0.3 is 11.9 Å². The molecule has 0 amide bonds. The molecule has 0 bridgehead atoms. The second-order valence-electron chi connectivity index (χ2n) is 7.81. The first-order valence-corrected chi connectivity index (χ1v) is 12.6. The van der Waals surface area contributed by atoms with Gasteiger partial charge in [0.2, 0.25) is 10.0 Å². The molecule has 1 atom stereocenters. The lowest BCUT2D eigenvalue weighted by atomic mass is 10.1. The summed E-state index contributed by atoms with van der Waals surface area (Å²) < 4.78 is 56.2. The highest BCUT2D eigenvalue weighted by Crippen LogP contribution is 2.28. The molecule has 3 N–H and O–H groups in total. The second kappa shape index (κ2) is 15.0. The van der Waals surface area contributed by atoms with E-state index >= 15 is 0 Å². The molecule has 0 radical (unpaired) electrons. The maximum atomic E-state index is 13.4. The van der Waals surface area contributed by atoms with Gasteiger partial charge < -0.3 is 29.7 Å². The van der Waals surface area contributed by atoms with Gasteiger partial charge in [-0.25, -0.2) is 26.7 Å². The van der Waals surface area contributed by atoms with Crippen LogP contribution in [0.15, 0.2) is 41.3 Å². The maximum Gasteiger partial charge on any atom is 0.414 e. The van der Waals surface area contributed by atoms with E-state index < -0.39 is 27.8 Å². The smallest absolute Gasteiger partial charge is 0.414 e. The fourth-order valence-electron chi connectivity index (χ4n) is 3.01. The van der Waals surface area contributed by atoms with Gasteiger partial charge in [-0.15, -0.1) is 0 Å². The minimum Gasteiger partial charge on any atom is -0.493 e. The lowest BCUT2D eigenvalue weighted by Crippen LogP contribution is -2.32. The number of nitrogens with zero attached hydrogens (tertiary/aromatic N) is 1. The van der Waals surface area contributed by atoms with Crippen molar-refractivity contribution >= 4 is 22.0 Å². The number of halogens is 1. The first kappa shape index (κ1) is 31.6. The van der Waals surface area contributed by atoms with Crippen LogP contribution in [0.3, 0.4) is 0 Å². The Balaban J connectivity index is 0.00000102. The summed E-state index contributed by atoms with van der Waals surface area (Å²) in [6.07, 6.45) is 0.617. The molecule has 2 rings (SSSR count). The molecule has 37 heavy (non-hydrogen) atoms. The Kier molecular flexibility index (Phi) is 12.8. The summed E-state index contributed by atoms with van der Waals surface area (Å²) in [5.41, 5.74) is 0.872. The third-order valence-electron chi connectivity index (χ3n) is 4.77. The molecule has 11 nitrogen and oxygen atoms in total. The minimum absolute atomic E-state index is 0.0610. The summed E-state index contributed by atoms with van der Waals surface area (Å²) in [7, 11) is 0.869. The van der Waals surface area contributed by atoms with Gasteiger partial charge in [0.15, 0.2) is 11.5 Å². The number of carboxylic acid groups (broad SMARTS) is 2. The van der Waals surface area contributed by atoms with Crippen LogP contribution in [0.1, 0.15) is 19.4 Å².